The number of hydrogen-bond acceptors (Lipinski definition) is 4. The van der Waals surface area contributed by atoms with Crippen LogP contribution in [0.2, 0.25) is 0 Å². The number of rotatable bonds is 6. The van der Waals surface area contributed by atoms with Crippen molar-refractivity contribution in [3.63, 3.8) is 0 Å². The Morgan fingerprint density at radius 2 is 1.93 bits per heavy atom. The second-order valence-electron chi connectivity index (χ2n) is 7.27. The number of esters is 1. The maximum Gasteiger partial charge on any atom is 0.340 e. The molecule has 0 radical (unpaired) electrons. The van der Waals surface area contributed by atoms with E-state index in [2.05, 4.69) is 5.32 Å². The Morgan fingerprint density at radius 3 is 2.50 bits per heavy atom. The number of aromatic nitrogens is 1. The second-order valence-corrected chi connectivity index (χ2v) is 7.27. The van der Waals surface area contributed by atoms with Crippen molar-refractivity contribution in [1.82, 2.24) is 14.8 Å². The number of ether oxygens (including phenoxy) is 1. The van der Waals surface area contributed by atoms with Gasteiger partial charge in [0, 0.05) is 42.7 Å². The first-order valence-corrected chi connectivity index (χ1v) is 9.87. The molecule has 1 fully saturated rings. The molecule has 7 heteroatoms. The molecule has 154 valence electrons. The topological polar surface area (TPSA) is 80.6 Å². The zero-order chi connectivity index (χ0) is 21.0. The average Bonchev–Trinajstić information content (AvgIpc) is 2.88. The molecule has 1 atom stereocenters. The van der Waals surface area contributed by atoms with Gasteiger partial charge in [-0.05, 0) is 39.7 Å². The summed E-state index contributed by atoms with van der Waals surface area (Å²) in [5, 5.41) is 2.82. The standard InChI is InChI=1S/C21H31N3O4/c1-7-23-14(5)16(18(15(23)6)21(27)28-8-2)9-10-17(25)24-12-11-22-20(26)19(24)13(3)4/h9-10,13,19H,7-8,11-12H2,1-6H3,(H,22,26). The van der Waals surface area contributed by atoms with Gasteiger partial charge in [-0.25, -0.2) is 4.79 Å². The van der Waals surface area contributed by atoms with Crippen LogP contribution in [0.3, 0.4) is 0 Å². The number of carbonyl (C=O) groups is 3. The highest BCUT2D eigenvalue weighted by Crippen LogP contribution is 2.25. The molecule has 2 rings (SSSR count). The van der Waals surface area contributed by atoms with Crippen LogP contribution in [0.4, 0.5) is 0 Å². The van der Waals surface area contributed by atoms with E-state index in [1.807, 2.05) is 39.2 Å². The summed E-state index contributed by atoms with van der Waals surface area (Å²) in [6.45, 7) is 13.3. The molecule has 1 saturated heterocycles. The molecule has 1 aliphatic rings. The van der Waals surface area contributed by atoms with Crippen LogP contribution >= 0.6 is 0 Å². The van der Waals surface area contributed by atoms with E-state index in [0.717, 1.165) is 11.4 Å². The minimum atomic E-state index is -0.487. The average molecular weight is 389 g/mol. The van der Waals surface area contributed by atoms with E-state index in [1.54, 1.807) is 17.9 Å². The summed E-state index contributed by atoms with van der Waals surface area (Å²) in [5.41, 5.74) is 2.91. The lowest BCUT2D eigenvalue weighted by Crippen LogP contribution is -2.58. The van der Waals surface area contributed by atoms with E-state index >= 15 is 0 Å². The predicted molar refractivity (Wildman–Crippen MR) is 108 cm³/mol. The van der Waals surface area contributed by atoms with E-state index in [-0.39, 0.29) is 30.3 Å². The number of nitrogens with one attached hydrogen (secondary N) is 1. The smallest absolute Gasteiger partial charge is 0.340 e. The molecule has 1 aliphatic heterocycles. The molecule has 1 aromatic heterocycles. The molecule has 28 heavy (non-hydrogen) atoms. The summed E-state index contributed by atoms with van der Waals surface area (Å²) < 4.78 is 7.24. The Hall–Kier alpha value is -2.57. The van der Waals surface area contributed by atoms with Crippen LogP contribution in [0.15, 0.2) is 6.08 Å². The van der Waals surface area contributed by atoms with Crippen molar-refractivity contribution in [2.45, 2.75) is 54.1 Å². The highest BCUT2D eigenvalue weighted by molar-refractivity contribution is 6.00. The Kier molecular flexibility index (Phi) is 7.05. The van der Waals surface area contributed by atoms with E-state index < -0.39 is 6.04 Å². The van der Waals surface area contributed by atoms with Gasteiger partial charge in [0.15, 0.2) is 0 Å². The summed E-state index contributed by atoms with van der Waals surface area (Å²) in [5.74, 6) is -0.735. The van der Waals surface area contributed by atoms with Gasteiger partial charge in [0.05, 0.1) is 12.2 Å². The molecule has 0 bridgehead atoms. The van der Waals surface area contributed by atoms with E-state index in [1.165, 1.54) is 6.08 Å². The second kappa shape index (κ2) is 9.08. The van der Waals surface area contributed by atoms with Crippen molar-refractivity contribution in [1.29, 1.82) is 0 Å². The van der Waals surface area contributed by atoms with Crippen LogP contribution in [-0.4, -0.2) is 53.0 Å². The Labute approximate surface area is 166 Å². The lowest BCUT2D eigenvalue weighted by atomic mass is 9.99. The van der Waals surface area contributed by atoms with Crippen molar-refractivity contribution in [3.8, 4) is 0 Å². The van der Waals surface area contributed by atoms with Crippen LogP contribution in [0.5, 0.6) is 0 Å². The molecule has 0 aromatic carbocycles. The highest BCUT2D eigenvalue weighted by Gasteiger charge is 2.34. The lowest BCUT2D eigenvalue weighted by Gasteiger charge is -2.36. The molecular weight excluding hydrogens is 358 g/mol. The van der Waals surface area contributed by atoms with E-state index in [9.17, 15) is 14.4 Å². The monoisotopic (exact) mass is 389 g/mol. The summed E-state index contributed by atoms with van der Waals surface area (Å²) in [4.78, 5) is 39.1. The summed E-state index contributed by atoms with van der Waals surface area (Å²) in [6, 6.07) is -0.487. The van der Waals surface area contributed by atoms with Crippen LogP contribution in [-0.2, 0) is 20.9 Å². The van der Waals surface area contributed by atoms with Gasteiger partial charge >= 0.3 is 5.97 Å². The Balaban J connectivity index is 2.38. The molecule has 2 amide bonds. The number of carbonyl (C=O) groups excluding carboxylic acids is 3. The van der Waals surface area contributed by atoms with E-state index in [0.29, 0.717) is 30.8 Å². The van der Waals surface area contributed by atoms with Crippen molar-refractivity contribution in [2.24, 2.45) is 5.92 Å². The molecule has 7 nitrogen and oxygen atoms in total. The number of hydrogen-bond donors (Lipinski definition) is 1. The first-order chi connectivity index (χ1) is 13.2. The Morgan fingerprint density at radius 1 is 1.25 bits per heavy atom. The van der Waals surface area contributed by atoms with Gasteiger partial charge < -0.3 is 19.5 Å². The summed E-state index contributed by atoms with van der Waals surface area (Å²) in [7, 11) is 0. The highest BCUT2D eigenvalue weighted by atomic mass is 16.5. The van der Waals surface area contributed by atoms with Gasteiger partial charge in [-0.15, -0.1) is 0 Å². The van der Waals surface area contributed by atoms with Crippen LogP contribution in [0.25, 0.3) is 6.08 Å². The maximum absolute atomic E-state index is 12.8. The fourth-order valence-electron chi connectivity index (χ4n) is 3.89. The largest absolute Gasteiger partial charge is 0.462 e. The van der Waals surface area contributed by atoms with Gasteiger partial charge in [-0.1, -0.05) is 13.8 Å². The normalized spacial score (nSPS) is 17.3. The first kappa shape index (κ1) is 21.7. The minimum Gasteiger partial charge on any atom is -0.462 e. The van der Waals surface area contributed by atoms with Gasteiger partial charge in [-0.3, -0.25) is 9.59 Å². The third-order valence-electron chi connectivity index (χ3n) is 5.19. The fourth-order valence-corrected chi connectivity index (χ4v) is 3.89. The molecule has 0 saturated carbocycles. The minimum absolute atomic E-state index is 0.0119. The predicted octanol–water partition coefficient (Wildman–Crippen LogP) is 2.30. The molecule has 2 heterocycles. The molecule has 1 N–H and O–H groups in total. The molecule has 0 aliphatic carbocycles. The zero-order valence-electron chi connectivity index (χ0n) is 17.7. The molecular formula is C21H31N3O4. The summed E-state index contributed by atoms with van der Waals surface area (Å²) >= 11 is 0. The number of nitrogens with zero attached hydrogens (tertiary/aromatic N) is 2. The van der Waals surface area contributed by atoms with Crippen LogP contribution in [0.1, 0.15) is 55.0 Å². The van der Waals surface area contributed by atoms with Crippen molar-refractivity contribution >= 4 is 23.9 Å². The molecule has 0 spiro atoms. The lowest BCUT2D eigenvalue weighted by molar-refractivity contribution is -0.141. The fraction of sp³-hybridized carbons (Fsp3) is 0.571. The summed E-state index contributed by atoms with van der Waals surface area (Å²) in [6.07, 6.45) is 3.13. The van der Waals surface area contributed by atoms with Crippen molar-refractivity contribution in [2.75, 3.05) is 19.7 Å². The zero-order valence-corrected chi connectivity index (χ0v) is 17.7. The maximum atomic E-state index is 12.8. The number of piperazine rings is 1. The van der Waals surface area contributed by atoms with Gasteiger partial charge in [0.25, 0.3) is 0 Å². The third-order valence-corrected chi connectivity index (χ3v) is 5.19. The number of amides is 2. The first-order valence-electron chi connectivity index (χ1n) is 9.87. The Bertz CT molecular complexity index is 792. The third kappa shape index (κ3) is 4.13. The van der Waals surface area contributed by atoms with Crippen molar-refractivity contribution in [3.05, 3.63) is 28.6 Å². The van der Waals surface area contributed by atoms with Crippen LogP contribution < -0.4 is 5.32 Å². The molecule has 1 aromatic rings. The van der Waals surface area contributed by atoms with Crippen LogP contribution in [0, 0.1) is 19.8 Å². The van der Waals surface area contributed by atoms with Gasteiger partial charge in [0.2, 0.25) is 11.8 Å². The molecule has 1 unspecified atom stereocenters. The van der Waals surface area contributed by atoms with Gasteiger partial charge in [0.1, 0.15) is 6.04 Å². The van der Waals surface area contributed by atoms with Crippen molar-refractivity contribution < 1.29 is 19.1 Å². The van der Waals surface area contributed by atoms with E-state index in [4.69, 9.17) is 4.74 Å². The quantitative estimate of drug-likeness (QED) is 0.598. The SMILES string of the molecule is CCOC(=O)c1c(C=CC(=O)N2CCNC(=O)C2C(C)C)c(C)n(CC)c1C. The van der Waals surface area contributed by atoms with Gasteiger partial charge in [-0.2, -0.15) is 0 Å².